The molecule has 0 aliphatic rings. The number of rotatable bonds is 5. The highest BCUT2D eigenvalue weighted by atomic mass is 15.3. The molecule has 0 aliphatic heterocycles. The lowest BCUT2D eigenvalue weighted by Gasteiger charge is -2.27. The molecule has 3 heteroatoms. The van der Waals surface area contributed by atoms with Crippen molar-refractivity contribution in [3.8, 4) is 0 Å². The van der Waals surface area contributed by atoms with Gasteiger partial charge in [0.05, 0.1) is 6.21 Å². The lowest BCUT2D eigenvalue weighted by Crippen LogP contribution is -2.29. The lowest BCUT2D eigenvalue weighted by molar-refractivity contribution is 0.220. The molecule has 106 valence electrons. The van der Waals surface area contributed by atoms with Gasteiger partial charge in [-0.25, -0.2) is 0 Å². The molecule has 0 amide bonds. The van der Waals surface area contributed by atoms with Crippen LogP contribution in [0.25, 0.3) is 0 Å². The summed E-state index contributed by atoms with van der Waals surface area (Å²) in [7, 11) is 3.99. The fourth-order valence-corrected chi connectivity index (χ4v) is 2.33. The van der Waals surface area contributed by atoms with Crippen LogP contribution in [-0.4, -0.2) is 31.8 Å². The molecule has 0 saturated heterocycles. The van der Waals surface area contributed by atoms with Crippen LogP contribution in [-0.2, 0) is 6.54 Å². The van der Waals surface area contributed by atoms with Crippen LogP contribution in [0, 0.1) is 12.3 Å². The van der Waals surface area contributed by atoms with Crippen LogP contribution >= 0.6 is 0 Å². The molecule has 0 saturated carbocycles. The van der Waals surface area contributed by atoms with E-state index >= 15 is 0 Å². The number of aryl methyl sites for hydroxylation is 1. The maximum atomic E-state index is 4.13. The van der Waals surface area contributed by atoms with Gasteiger partial charge in [0, 0.05) is 20.1 Å². The average Bonchev–Trinajstić information content (AvgIpc) is 2.27. The van der Waals surface area contributed by atoms with Gasteiger partial charge in [0.1, 0.15) is 0 Å². The highest BCUT2D eigenvalue weighted by Crippen LogP contribution is 2.19. The Balaban J connectivity index is 2.90. The second-order valence-corrected chi connectivity index (χ2v) is 6.36. The molecule has 0 fully saturated rings. The van der Waals surface area contributed by atoms with Gasteiger partial charge in [-0.15, -0.1) is 0 Å². The molecule has 1 rings (SSSR count). The molecule has 3 nitrogen and oxygen atoms in total. The van der Waals surface area contributed by atoms with Crippen molar-refractivity contribution < 1.29 is 0 Å². The van der Waals surface area contributed by atoms with E-state index in [1.165, 1.54) is 16.7 Å². The van der Waals surface area contributed by atoms with E-state index in [1.54, 1.807) is 0 Å². The smallest absolute Gasteiger partial charge is 0.0543 e. The Morgan fingerprint density at radius 2 is 2.00 bits per heavy atom. The predicted octanol–water partition coefficient (Wildman–Crippen LogP) is 3.03. The molecule has 0 bridgehead atoms. The lowest BCUT2D eigenvalue weighted by atomic mass is 9.95. The molecule has 0 unspecified atom stereocenters. The molecular weight excluding hydrogens is 234 g/mol. The fraction of sp³-hybridized carbons (Fsp3) is 0.562. The second-order valence-electron chi connectivity index (χ2n) is 6.36. The Bertz CT molecular complexity index is 430. The van der Waals surface area contributed by atoms with Gasteiger partial charge < -0.3 is 10.3 Å². The summed E-state index contributed by atoms with van der Waals surface area (Å²) in [4.78, 5) is 2.37. The van der Waals surface area contributed by atoms with Crippen LogP contribution in [0.15, 0.2) is 23.3 Å². The SMILES string of the molecule is CN/N=C\c1cccc(C)c1CN(C)CC(C)(C)C. The topological polar surface area (TPSA) is 27.6 Å². The number of hydrogen-bond donors (Lipinski definition) is 1. The summed E-state index contributed by atoms with van der Waals surface area (Å²) < 4.78 is 0. The Labute approximate surface area is 117 Å². The molecule has 0 aliphatic carbocycles. The maximum Gasteiger partial charge on any atom is 0.0543 e. The molecule has 1 aromatic rings. The normalized spacial score (nSPS) is 12.4. The first-order valence-electron chi connectivity index (χ1n) is 6.80. The van der Waals surface area contributed by atoms with Crippen molar-refractivity contribution in [3.63, 3.8) is 0 Å². The first-order valence-corrected chi connectivity index (χ1v) is 6.80. The zero-order valence-electron chi connectivity index (χ0n) is 13.1. The minimum Gasteiger partial charge on any atom is -0.313 e. The van der Waals surface area contributed by atoms with E-state index < -0.39 is 0 Å². The van der Waals surface area contributed by atoms with Crippen LogP contribution in [0.3, 0.4) is 0 Å². The van der Waals surface area contributed by atoms with Gasteiger partial charge in [-0.1, -0.05) is 39.0 Å². The Morgan fingerprint density at radius 3 is 2.58 bits per heavy atom. The molecule has 0 radical (unpaired) electrons. The quantitative estimate of drug-likeness (QED) is 0.652. The van der Waals surface area contributed by atoms with Crippen molar-refractivity contribution in [2.24, 2.45) is 10.5 Å². The third-order valence-corrected chi connectivity index (χ3v) is 2.95. The Kier molecular flexibility index (Phi) is 5.55. The molecule has 0 atom stereocenters. The van der Waals surface area contributed by atoms with Gasteiger partial charge in [0.25, 0.3) is 0 Å². The Hall–Kier alpha value is -1.35. The summed E-state index contributed by atoms with van der Waals surface area (Å²) >= 11 is 0. The molecule has 0 spiro atoms. The fourth-order valence-electron chi connectivity index (χ4n) is 2.33. The minimum atomic E-state index is 0.316. The first-order chi connectivity index (χ1) is 8.83. The van der Waals surface area contributed by atoms with Gasteiger partial charge in [0.2, 0.25) is 0 Å². The highest BCUT2D eigenvalue weighted by molar-refractivity contribution is 5.82. The summed E-state index contributed by atoms with van der Waals surface area (Å²) in [5.74, 6) is 0. The van der Waals surface area contributed by atoms with Gasteiger partial charge in [-0.3, -0.25) is 0 Å². The summed E-state index contributed by atoms with van der Waals surface area (Å²) in [5, 5.41) is 4.13. The molecule has 1 aromatic carbocycles. The van der Waals surface area contributed by atoms with Crippen LogP contribution in [0.4, 0.5) is 0 Å². The number of nitrogens with one attached hydrogen (secondary N) is 1. The molecule has 0 heterocycles. The zero-order chi connectivity index (χ0) is 14.5. The van der Waals surface area contributed by atoms with E-state index in [9.17, 15) is 0 Å². The second kappa shape index (κ2) is 6.71. The minimum absolute atomic E-state index is 0.316. The van der Waals surface area contributed by atoms with E-state index in [-0.39, 0.29) is 0 Å². The number of nitrogens with zero attached hydrogens (tertiary/aromatic N) is 2. The van der Waals surface area contributed by atoms with Gasteiger partial charge in [0.15, 0.2) is 0 Å². The van der Waals surface area contributed by atoms with E-state index in [4.69, 9.17) is 0 Å². The summed E-state index contributed by atoms with van der Waals surface area (Å²) in [6.07, 6.45) is 1.90. The van der Waals surface area contributed by atoms with Crippen molar-refractivity contribution in [3.05, 3.63) is 34.9 Å². The molecular formula is C16H27N3. The van der Waals surface area contributed by atoms with E-state index in [0.717, 1.165) is 13.1 Å². The number of hydrazone groups is 1. The van der Waals surface area contributed by atoms with Crippen molar-refractivity contribution in [2.45, 2.75) is 34.2 Å². The van der Waals surface area contributed by atoms with Crippen molar-refractivity contribution >= 4 is 6.21 Å². The van der Waals surface area contributed by atoms with E-state index in [1.807, 2.05) is 13.3 Å². The van der Waals surface area contributed by atoms with Gasteiger partial charge in [-0.05, 0) is 36.1 Å². The van der Waals surface area contributed by atoms with E-state index in [2.05, 4.69) is 68.4 Å². The summed E-state index contributed by atoms with van der Waals surface area (Å²) in [6, 6.07) is 6.37. The van der Waals surface area contributed by atoms with Crippen LogP contribution in [0.2, 0.25) is 0 Å². The number of benzene rings is 1. The van der Waals surface area contributed by atoms with Gasteiger partial charge in [-0.2, -0.15) is 5.10 Å². The third-order valence-electron chi connectivity index (χ3n) is 2.95. The average molecular weight is 261 g/mol. The van der Waals surface area contributed by atoms with Gasteiger partial charge >= 0.3 is 0 Å². The summed E-state index contributed by atoms with van der Waals surface area (Å²) in [6.45, 7) is 11.0. The largest absolute Gasteiger partial charge is 0.313 e. The zero-order valence-corrected chi connectivity index (χ0v) is 13.1. The van der Waals surface area contributed by atoms with Crippen molar-refractivity contribution in [1.29, 1.82) is 0 Å². The third kappa shape index (κ3) is 5.43. The highest BCUT2D eigenvalue weighted by Gasteiger charge is 2.15. The number of hydrogen-bond acceptors (Lipinski definition) is 3. The first kappa shape index (κ1) is 15.7. The van der Waals surface area contributed by atoms with Crippen LogP contribution in [0.1, 0.15) is 37.5 Å². The van der Waals surface area contributed by atoms with Crippen molar-refractivity contribution in [1.82, 2.24) is 10.3 Å². The monoisotopic (exact) mass is 261 g/mol. The molecule has 1 N–H and O–H groups in total. The van der Waals surface area contributed by atoms with Crippen LogP contribution in [0.5, 0.6) is 0 Å². The predicted molar refractivity (Wildman–Crippen MR) is 83.6 cm³/mol. The van der Waals surface area contributed by atoms with Crippen LogP contribution < -0.4 is 5.43 Å². The standard InChI is InChI=1S/C16H27N3/c1-13-8-7-9-14(10-18-17-5)15(13)11-19(6)12-16(2,3)4/h7-10,17H,11-12H2,1-6H3/b18-10-. The summed E-state index contributed by atoms with van der Waals surface area (Å²) in [5.41, 5.74) is 6.99. The Morgan fingerprint density at radius 1 is 1.32 bits per heavy atom. The van der Waals surface area contributed by atoms with Crippen molar-refractivity contribution in [2.75, 3.05) is 20.6 Å². The molecule has 19 heavy (non-hydrogen) atoms. The molecule has 0 aromatic heterocycles. The van der Waals surface area contributed by atoms with E-state index in [0.29, 0.717) is 5.41 Å². The maximum absolute atomic E-state index is 4.13.